The molecule has 0 bridgehead atoms. The van der Waals surface area contributed by atoms with Gasteiger partial charge in [-0.25, -0.2) is 0 Å². The zero-order chi connectivity index (χ0) is 16.9. The van der Waals surface area contributed by atoms with Crippen molar-refractivity contribution < 1.29 is 0 Å². The second-order valence-electron chi connectivity index (χ2n) is 7.45. The van der Waals surface area contributed by atoms with Crippen molar-refractivity contribution in [2.24, 2.45) is 5.92 Å². The first-order chi connectivity index (χ1) is 11.6. The van der Waals surface area contributed by atoms with Gasteiger partial charge in [0.05, 0.1) is 0 Å². The van der Waals surface area contributed by atoms with Crippen molar-refractivity contribution >= 4 is 0 Å². The van der Waals surface area contributed by atoms with Gasteiger partial charge in [-0.05, 0) is 66.9 Å². The summed E-state index contributed by atoms with van der Waals surface area (Å²) in [4.78, 5) is 16.7. The highest BCUT2D eigenvalue weighted by atomic mass is 16.1. The Labute approximate surface area is 144 Å². The third-order valence-electron chi connectivity index (χ3n) is 4.93. The van der Waals surface area contributed by atoms with E-state index in [1.807, 2.05) is 0 Å². The van der Waals surface area contributed by atoms with E-state index in [9.17, 15) is 4.79 Å². The molecule has 0 amide bonds. The second kappa shape index (κ2) is 7.80. The lowest BCUT2D eigenvalue weighted by Gasteiger charge is -2.32. The summed E-state index contributed by atoms with van der Waals surface area (Å²) in [7, 11) is 0. The Bertz CT molecular complexity index is 694. The van der Waals surface area contributed by atoms with Gasteiger partial charge >= 0.3 is 0 Å². The molecule has 128 valence electrons. The number of benzene rings is 1. The van der Waals surface area contributed by atoms with Crippen molar-refractivity contribution in [3.8, 4) is 0 Å². The first kappa shape index (κ1) is 17.0. The molecular weight excluding hydrogens is 296 g/mol. The van der Waals surface area contributed by atoms with Gasteiger partial charge in [0.15, 0.2) is 0 Å². The molecule has 0 unspecified atom stereocenters. The SMILES string of the molecule is CC(C)Cc1ccc(CN2CCC(c3cc[nH]c(=O)c3)CC2)cc1. The Morgan fingerprint density at radius 2 is 1.75 bits per heavy atom. The first-order valence-electron chi connectivity index (χ1n) is 9.09. The summed E-state index contributed by atoms with van der Waals surface area (Å²) in [6, 6.07) is 12.9. The Morgan fingerprint density at radius 3 is 2.38 bits per heavy atom. The molecule has 24 heavy (non-hydrogen) atoms. The summed E-state index contributed by atoms with van der Waals surface area (Å²) in [5.41, 5.74) is 4.03. The molecule has 0 spiro atoms. The molecular formula is C21H28N2O. The van der Waals surface area contributed by atoms with Crippen LogP contribution in [0.15, 0.2) is 47.4 Å². The van der Waals surface area contributed by atoms with Crippen molar-refractivity contribution in [3.05, 3.63) is 69.6 Å². The van der Waals surface area contributed by atoms with Crippen LogP contribution in [0.1, 0.15) is 49.3 Å². The van der Waals surface area contributed by atoms with Crippen LogP contribution in [0.2, 0.25) is 0 Å². The number of H-pyrrole nitrogens is 1. The van der Waals surface area contributed by atoms with E-state index in [2.05, 4.69) is 54.1 Å². The lowest BCUT2D eigenvalue weighted by Crippen LogP contribution is -2.32. The van der Waals surface area contributed by atoms with Crippen LogP contribution in [0, 0.1) is 5.92 Å². The Hall–Kier alpha value is -1.87. The molecule has 2 heterocycles. The number of nitrogens with one attached hydrogen (secondary N) is 1. The fourth-order valence-electron chi connectivity index (χ4n) is 3.65. The molecule has 2 aromatic rings. The van der Waals surface area contributed by atoms with E-state index >= 15 is 0 Å². The third-order valence-corrected chi connectivity index (χ3v) is 4.93. The number of likely N-dealkylation sites (tertiary alicyclic amines) is 1. The van der Waals surface area contributed by atoms with E-state index in [1.165, 1.54) is 16.7 Å². The van der Waals surface area contributed by atoms with E-state index in [1.54, 1.807) is 12.3 Å². The largest absolute Gasteiger partial charge is 0.329 e. The zero-order valence-corrected chi connectivity index (χ0v) is 14.8. The number of nitrogens with zero attached hydrogens (tertiary/aromatic N) is 1. The highest BCUT2D eigenvalue weighted by Gasteiger charge is 2.20. The quantitative estimate of drug-likeness (QED) is 0.904. The minimum atomic E-state index is 0.0106. The number of hydrogen-bond acceptors (Lipinski definition) is 2. The highest BCUT2D eigenvalue weighted by molar-refractivity contribution is 5.23. The van der Waals surface area contributed by atoms with Gasteiger partial charge in [-0.2, -0.15) is 0 Å². The van der Waals surface area contributed by atoms with Crippen LogP contribution >= 0.6 is 0 Å². The molecule has 0 aliphatic carbocycles. The molecule has 0 saturated carbocycles. The van der Waals surface area contributed by atoms with Crippen molar-refractivity contribution in [2.45, 2.75) is 45.6 Å². The lowest BCUT2D eigenvalue weighted by molar-refractivity contribution is 0.204. The third kappa shape index (κ3) is 4.57. The van der Waals surface area contributed by atoms with Gasteiger partial charge in [0.1, 0.15) is 0 Å². The number of hydrogen-bond donors (Lipinski definition) is 1. The highest BCUT2D eigenvalue weighted by Crippen LogP contribution is 2.27. The average molecular weight is 324 g/mol. The fourth-order valence-corrected chi connectivity index (χ4v) is 3.65. The van der Waals surface area contributed by atoms with E-state index in [4.69, 9.17) is 0 Å². The minimum Gasteiger partial charge on any atom is -0.329 e. The van der Waals surface area contributed by atoms with Gasteiger partial charge in [-0.1, -0.05) is 38.1 Å². The monoisotopic (exact) mass is 324 g/mol. The Morgan fingerprint density at radius 1 is 1.08 bits per heavy atom. The zero-order valence-electron chi connectivity index (χ0n) is 14.8. The number of pyridine rings is 1. The maximum Gasteiger partial charge on any atom is 0.248 e. The number of aromatic nitrogens is 1. The molecule has 1 saturated heterocycles. The molecule has 0 atom stereocenters. The van der Waals surface area contributed by atoms with Crippen LogP contribution in [0.4, 0.5) is 0 Å². The molecule has 0 radical (unpaired) electrons. The van der Waals surface area contributed by atoms with E-state index in [-0.39, 0.29) is 5.56 Å². The first-order valence-corrected chi connectivity index (χ1v) is 9.09. The number of aromatic amines is 1. The Kier molecular flexibility index (Phi) is 5.52. The standard InChI is InChI=1S/C21H28N2O/c1-16(2)13-17-3-5-18(6-4-17)15-23-11-8-19(9-12-23)20-7-10-22-21(24)14-20/h3-7,10,14,16,19H,8-9,11-13,15H2,1-2H3,(H,22,24). The molecule has 1 aromatic heterocycles. The van der Waals surface area contributed by atoms with Crippen LogP contribution in [0.5, 0.6) is 0 Å². The molecule has 1 aromatic carbocycles. The topological polar surface area (TPSA) is 36.1 Å². The van der Waals surface area contributed by atoms with Crippen LogP contribution < -0.4 is 5.56 Å². The maximum atomic E-state index is 11.5. The molecule has 1 fully saturated rings. The summed E-state index contributed by atoms with van der Waals surface area (Å²) >= 11 is 0. The van der Waals surface area contributed by atoms with Gasteiger partial charge in [0.25, 0.3) is 0 Å². The molecule has 1 aliphatic rings. The summed E-state index contributed by atoms with van der Waals surface area (Å²) in [6.45, 7) is 7.76. The fraction of sp³-hybridized carbons (Fsp3) is 0.476. The smallest absolute Gasteiger partial charge is 0.248 e. The summed E-state index contributed by atoms with van der Waals surface area (Å²) in [5, 5.41) is 0. The predicted molar refractivity (Wildman–Crippen MR) is 99.3 cm³/mol. The van der Waals surface area contributed by atoms with Crippen LogP contribution in [0.3, 0.4) is 0 Å². The normalized spacial score (nSPS) is 16.6. The van der Waals surface area contributed by atoms with Crippen LogP contribution in [-0.4, -0.2) is 23.0 Å². The van der Waals surface area contributed by atoms with Gasteiger partial charge in [-0.3, -0.25) is 9.69 Å². The Balaban J connectivity index is 1.53. The summed E-state index contributed by atoms with van der Waals surface area (Å²) in [6.07, 6.45) is 5.19. The van der Waals surface area contributed by atoms with Gasteiger partial charge in [0.2, 0.25) is 5.56 Å². The van der Waals surface area contributed by atoms with Gasteiger partial charge in [-0.15, -0.1) is 0 Å². The van der Waals surface area contributed by atoms with E-state index in [0.29, 0.717) is 11.8 Å². The predicted octanol–water partition coefficient (Wildman–Crippen LogP) is 3.95. The molecule has 3 heteroatoms. The summed E-state index contributed by atoms with van der Waals surface area (Å²) in [5.74, 6) is 1.23. The molecule has 3 rings (SSSR count). The van der Waals surface area contributed by atoms with Crippen molar-refractivity contribution in [1.29, 1.82) is 0 Å². The molecule has 1 N–H and O–H groups in total. The van der Waals surface area contributed by atoms with Crippen molar-refractivity contribution in [2.75, 3.05) is 13.1 Å². The van der Waals surface area contributed by atoms with Crippen LogP contribution in [-0.2, 0) is 13.0 Å². The van der Waals surface area contributed by atoms with Gasteiger partial charge in [0, 0.05) is 18.8 Å². The molecule has 1 aliphatic heterocycles. The lowest BCUT2D eigenvalue weighted by atomic mass is 9.90. The maximum absolute atomic E-state index is 11.5. The van der Waals surface area contributed by atoms with Crippen molar-refractivity contribution in [1.82, 2.24) is 9.88 Å². The van der Waals surface area contributed by atoms with E-state index < -0.39 is 0 Å². The van der Waals surface area contributed by atoms with Crippen LogP contribution in [0.25, 0.3) is 0 Å². The van der Waals surface area contributed by atoms with Gasteiger partial charge < -0.3 is 4.98 Å². The molecule has 3 nitrogen and oxygen atoms in total. The minimum absolute atomic E-state index is 0.0106. The number of rotatable bonds is 5. The second-order valence-corrected chi connectivity index (χ2v) is 7.45. The van der Waals surface area contributed by atoms with Crippen molar-refractivity contribution in [3.63, 3.8) is 0 Å². The number of piperidine rings is 1. The average Bonchev–Trinajstić information content (AvgIpc) is 2.57. The summed E-state index contributed by atoms with van der Waals surface area (Å²) < 4.78 is 0. The van der Waals surface area contributed by atoms with E-state index in [0.717, 1.165) is 38.9 Å².